The van der Waals surface area contributed by atoms with Gasteiger partial charge < -0.3 is 10.5 Å². The summed E-state index contributed by atoms with van der Waals surface area (Å²) in [6.07, 6.45) is 4.51. The van der Waals surface area contributed by atoms with E-state index in [1.807, 2.05) is 7.11 Å². The summed E-state index contributed by atoms with van der Waals surface area (Å²) in [7, 11) is 1.82. The van der Waals surface area contributed by atoms with Crippen LogP contribution in [0.4, 0.5) is 0 Å². The van der Waals surface area contributed by atoms with E-state index in [9.17, 15) is 0 Å². The maximum absolute atomic E-state index is 5.59. The average molecular weight is 233 g/mol. The Balaban J connectivity index is 1.98. The highest BCUT2D eigenvalue weighted by atomic mass is 16.5. The molecule has 0 amide bonds. The molecule has 0 spiro atoms. The van der Waals surface area contributed by atoms with Gasteiger partial charge in [-0.2, -0.15) is 0 Å². The van der Waals surface area contributed by atoms with Gasteiger partial charge in [-0.15, -0.1) is 0 Å². The highest BCUT2D eigenvalue weighted by Gasteiger charge is 2.42. The highest BCUT2D eigenvalue weighted by molar-refractivity contribution is 5.27. The van der Waals surface area contributed by atoms with Crippen LogP contribution in [0, 0.1) is 0 Å². The van der Waals surface area contributed by atoms with Crippen LogP contribution in [0.15, 0.2) is 24.3 Å². The molecular weight excluding hydrogens is 210 g/mol. The van der Waals surface area contributed by atoms with Crippen molar-refractivity contribution in [3.63, 3.8) is 0 Å². The van der Waals surface area contributed by atoms with E-state index < -0.39 is 0 Å². The zero-order valence-electron chi connectivity index (χ0n) is 10.9. The fourth-order valence-electron chi connectivity index (χ4n) is 2.35. The van der Waals surface area contributed by atoms with E-state index in [1.54, 1.807) is 0 Å². The molecule has 17 heavy (non-hydrogen) atoms. The van der Waals surface area contributed by atoms with Crippen LogP contribution in [-0.4, -0.2) is 19.3 Å². The summed E-state index contributed by atoms with van der Waals surface area (Å²) in [4.78, 5) is 0. The molecule has 0 heterocycles. The van der Waals surface area contributed by atoms with E-state index in [1.165, 1.54) is 24.0 Å². The first-order chi connectivity index (χ1) is 8.19. The van der Waals surface area contributed by atoms with Crippen molar-refractivity contribution in [2.45, 2.75) is 44.1 Å². The zero-order valence-corrected chi connectivity index (χ0v) is 10.9. The summed E-state index contributed by atoms with van der Waals surface area (Å²) >= 11 is 0. The van der Waals surface area contributed by atoms with Gasteiger partial charge in [-0.25, -0.2) is 0 Å². The molecular formula is C15H23NO. The van der Waals surface area contributed by atoms with Crippen molar-refractivity contribution in [3.05, 3.63) is 35.4 Å². The molecule has 1 aromatic rings. The SMILES string of the molecule is COC1(Cc2ccc(C(C)CCN)cc2)CC1. The third-order valence-corrected chi connectivity index (χ3v) is 3.92. The lowest BCUT2D eigenvalue weighted by molar-refractivity contribution is 0.0807. The Hall–Kier alpha value is -0.860. The summed E-state index contributed by atoms with van der Waals surface area (Å²) in [5.41, 5.74) is 8.52. The number of ether oxygens (including phenoxy) is 1. The number of methoxy groups -OCH3 is 1. The quantitative estimate of drug-likeness (QED) is 0.820. The van der Waals surface area contributed by atoms with Gasteiger partial charge in [0.15, 0.2) is 0 Å². The van der Waals surface area contributed by atoms with Crippen molar-refractivity contribution in [2.75, 3.05) is 13.7 Å². The second kappa shape index (κ2) is 5.19. The summed E-state index contributed by atoms with van der Waals surface area (Å²) < 4.78 is 5.55. The van der Waals surface area contributed by atoms with Crippen molar-refractivity contribution >= 4 is 0 Å². The first-order valence-electron chi connectivity index (χ1n) is 6.53. The Kier molecular flexibility index (Phi) is 3.85. The Labute approximate surface area is 104 Å². The van der Waals surface area contributed by atoms with Crippen molar-refractivity contribution in [1.82, 2.24) is 0 Å². The minimum atomic E-state index is 0.157. The molecule has 2 heteroatoms. The first-order valence-corrected chi connectivity index (χ1v) is 6.53. The fraction of sp³-hybridized carbons (Fsp3) is 0.600. The molecule has 2 rings (SSSR count). The number of hydrogen-bond acceptors (Lipinski definition) is 2. The second-order valence-corrected chi connectivity index (χ2v) is 5.28. The topological polar surface area (TPSA) is 35.2 Å². The number of nitrogens with two attached hydrogens (primary N) is 1. The molecule has 1 atom stereocenters. The van der Waals surface area contributed by atoms with Gasteiger partial charge in [-0.3, -0.25) is 0 Å². The van der Waals surface area contributed by atoms with Gasteiger partial charge in [-0.1, -0.05) is 31.2 Å². The van der Waals surface area contributed by atoms with Crippen LogP contribution in [0.25, 0.3) is 0 Å². The molecule has 2 N–H and O–H groups in total. The van der Waals surface area contributed by atoms with Crippen LogP contribution in [0.5, 0.6) is 0 Å². The Bertz CT molecular complexity index is 354. The van der Waals surface area contributed by atoms with Crippen LogP contribution in [-0.2, 0) is 11.2 Å². The van der Waals surface area contributed by atoms with Crippen molar-refractivity contribution in [3.8, 4) is 0 Å². The standard InChI is InChI=1S/C15H23NO/c1-12(7-10-16)14-5-3-13(4-6-14)11-15(17-2)8-9-15/h3-6,12H,7-11,16H2,1-2H3. The molecule has 94 valence electrons. The predicted molar refractivity (Wildman–Crippen MR) is 71.2 cm³/mol. The van der Waals surface area contributed by atoms with Gasteiger partial charge in [0.1, 0.15) is 0 Å². The minimum Gasteiger partial charge on any atom is -0.378 e. The molecule has 1 aliphatic rings. The van der Waals surface area contributed by atoms with E-state index in [4.69, 9.17) is 10.5 Å². The Morgan fingerprint density at radius 1 is 1.29 bits per heavy atom. The summed E-state index contributed by atoms with van der Waals surface area (Å²) in [5, 5.41) is 0. The lowest BCUT2D eigenvalue weighted by Gasteiger charge is -2.15. The molecule has 0 aliphatic heterocycles. The Morgan fingerprint density at radius 2 is 1.94 bits per heavy atom. The van der Waals surface area contributed by atoms with Crippen LogP contribution < -0.4 is 5.73 Å². The maximum Gasteiger partial charge on any atom is 0.0721 e. The van der Waals surface area contributed by atoms with Crippen LogP contribution >= 0.6 is 0 Å². The van der Waals surface area contributed by atoms with Gasteiger partial charge in [0.2, 0.25) is 0 Å². The zero-order chi connectivity index (χ0) is 12.3. The van der Waals surface area contributed by atoms with Gasteiger partial charge in [0.05, 0.1) is 5.60 Å². The normalized spacial score (nSPS) is 19.0. The van der Waals surface area contributed by atoms with Crippen molar-refractivity contribution < 1.29 is 4.74 Å². The molecule has 0 aromatic heterocycles. The monoisotopic (exact) mass is 233 g/mol. The number of hydrogen-bond donors (Lipinski definition) is 1. The maximum atomic E-state index is 5.59. The summed E-state index contributed by atoms with van der Waals surface area (Å²) in [6.45, 7) is 3.00. The van der Waals surface area contributed by atoms with E-state index in [2.05, 4.69) is 31.2 Å². The molecule has 1 saturated carbocycles. The lowest BCUT2D eigenvalue weighted by Crippen LogP contribution is -2.14. The highest BCUT2D eigenvalue weighted by Crippen LogP contribution is 2.41. The Morgan fingerprint density at radius 3 is 2.41 bits per heavy atom. The molecule has 0 radical (unpaired) electrons. The first kappa shape index (κ1) is 12.6. The van der Waals surface area contributed by atoms with Crippen LogP contribution in [0.2, 0.25) is 0 Å². The van der Waals surface area contributed by atoms with Gasteiger partial charge in [0.25, 0.3) is 0 Å². The van der Waals surface area contributed by atoms with Crippen molar-refractivity contribution in [2.24, 2.45) is 5.73 Å². The molecule has 1 aromatic carbocycles. The van der Waals surface area contributed by atoms with Gasteiger partial charge in [0, 0.05) is 13.5 Å². The van der Waals surface area contributed by atoms with Gasteiger partial charge in [-0.05, 0) is 42.9 Å². The largest absolute Gasteiger partial charge is 0.378 e. The molecule has 0 bridgehead atoms. The van der Waals surface area contributed by atoms with E-state index in [-0.39, 0.29) is 5.60 Å². The number of rotatable bonds is 6. The predicted octanol–water partition coefficient (Wildman–Crippen LogP) is 2.86. The molecule has 0 saturated heterocycles. The lowest BCUT2D eigenvalue weighted by atomic mass is 9.95. The fourth-order valence-corrected chi connectivity index (χ4v) is 2.35. The molecule has 1 fully saturated rings. The second-order valence-electron chi connectivity index (χ2n) is 5.28. The third kappa shape index (κ3) is 3.08. The van der Waals surface area contributed by atoms with E-state index >= 15 is 0 Å². The third-order valence-electron chi connectivity index (χ3n) is 3.92. The smallest absolute Gasteiger partial charge is 0.0721 e. The van der Waals surface area contributed by atoms with E-state index in [0.29, 0.717) is 5.92 Å². The molecule has 1 unspecified atom stereocenters. The van der Waals surface area contributed by atoms with E-state index in [0.717, 1.165) is 19.4 Å². The van der Waals surface area contributed by atoms with Crippen molar-refractivity contribution in [1.29, 1.82) is 0 Å². The average Bonchev–Trinajstić information content (AvgIpc) is 3.11. The van der Waals surface area contributed by atoms with Crippen LogP contribution in [0.1, 0.15) is 43.2 Å². The minimum absolute atomic E-state index is 0.157. The molecule has 2 nitrogen and oxygen atoms in total. The summed E-state index contributed by atoms with van der Waals surface area (Å²) in [5.74, 6) is 0.561. The van der Waals surface area contributed by atoms with Gasteiger partial charge >= 0.3 is 0 Å². The summed E-state index contributed by atoms with van der Waals surface area (Å²) in [6, 6.07) is 8.95. The molecule has 1 aliphatic carbocycles. The van der Waals surface area contributed by atoms with Crippen LogP contribution in [0.3, 0.4) is 0 Å². The number of benzene rings is 1.